The first kappa shape index (κ1) is 26.9. The second-order valence-electron chi connectivity index (χ2n) is 11.5. The summed E-state index contributed by atoms with van der Waals surface area (Å²) >= 11 is 0. The zero-order valence-corrected chi connectivity index (χ0v) is 25.2. The van der Waals surface area contributed by atoms with E-state index in [4.69, 9.17) is 19.4 Å². The Bertz CT molecular complexity index is 2470. The summed E-state index contributed by atoms with van der Waals surface area (Å²) in [5.74, 6) is 1.73. The number of fused-ring (bicyclic) bond motifs is 5. The fourth-order valence-corrected chi connectivity index (χ4v) is 6.33. The summed E-state index contributed by atoms with van der Waals surface area (Å²) in [5, 5.41) is 4.19. The molecule has 0 N–H and O–H groups in total. The Morgan fingerprint density at radius 1 is 0.426 bits per heavy atom. The minimum Gasteiger partial charge on any atom is -0.455 e. The molecule has 47 heavy (non-hydrogen) atoms. The van der Waals surface area contributed by atoms with Crippen LogP contribution in [0.25, 0.3) is 89.1 Å². The summed E-state index contributed by atoms with van der Waals surface area (Å²) in [6, 6.07) is 49.7. The summed E-state index contributed by atoms with van der Waals surface area (Å²) in [5.41, 5.74) is 8.61. The molecular formula is C42H26N4O. The van der Waals surface area contributed by atoms with Crippen molar-refractivity contribution in [2.75, 3.05) is 0 Å². The third-order valence-electron chi connectivity index (χ3n) is 8.61. The van der Waals surface area contributed by atoms with Gasteiger partial charge in [0, 0.05) is 39.7 Å². The van der Waals surface area contributed by atoms with Crippen molar-refractivity contribution in [2.45, 2.75) is 0 Å². The van der Waals surface area contributed by atoms with Crippen molar-refractivity contribution in [3.8, 4) is 56.4 Å². The Hall–Kier alpha value is -6.46. The van der Waals surface area contributed by atoms with Gasteiger partial charge in [-0.05, 0) is 58.0 Å². The molecule has 5 nitrogen and oxygen atoms in total. The Kier molecular flexibility index (Phi) is 6.39. The highest BCUT2D eigenvalue weighted by Gasteiger charge is 2.19. The molecule has 9 aromatic rings. The Balaban J connectivity index is 1.27. The van der Waals surface area contributed by atoms with Gasteiger partial charge in [0.1, 0.15) is 11.2 Å². The van der Waals surface area contributed by atoms with Gasteiger partial charge in [0.15, 0.2) is 17.5 Å². The lowest BCUT2D eigenvalue weighted by atomic mass is 10.0. The van der Waals surface area contributed by atoms with Crippen LogP contribution in [0.15, 0.2) is 162 Å². The van der Waals surface area contributed by atoms with E-state index in [1.165, 1.54) is 0 Å². The predicted octanol–water partition coefficient (Wildman–Crippen LogP) is 10.7. The van der Waals surface area contributed by atoms with E-state index >= 15 is 0 Å². The van der Waals surface area contributed by atoms with Crippen molar-refractivity contribution in [1.29, 1.82) is 0 Å². The van der Waals surface area contributed by atoms with Crippen molar-refractivity contribution in [3.63, 3.8) is 0 Å². The number of aromatic nitrogens is 4. The molecule has 220 valence electrons. The lowest BCUT2D eigenvalue weighted by Crippen LogP contribution is -2.00. The number of furan rings is 1. The first-order chi connectivity index (χ1) is 23.3. The molecule has 0 atom stereocenters. The van der Waals surface area contributed by atoms with Crippen LogP contribution in [0, 0.1) is 0 Å². The van der Waals surface area contributed by atoms with Crippen LogP contribution in [0.3, 0.4) is 0 Å². The molecule has 0 fully saturated rings. The largest absolute Gasteiger partial charge is 0.455 e. The number of para-hydroxylation sites is 1. The number of hydrogen-bond acceptors (Lipinski definition) is 5. The van der Waals surface area contributed by atoms with Gasteiger partial charge in [0.05, 0.1) is 5.56 Å². The molecule has 0 aliphatic heterocycles. The fourth-order valence-electron chi connectivity index (χ4n) is 6.33. The lowest BCUT2D eigenvalue weighted by Gasteiger charge is -2.11. The fraction of sp³-hybridized carbons (Fsp3) is 0. The van der Waals surface area contributed by atoms with Gasteiger partial charge in [-0.2, -0.15) is 0 Å². The maximum atomic E-state index is 6.56. The van der Waals surface area contributed by atoms with E-state index < -0.39 is 0 Å². The highest BCUT2D eigenvalue weighted by atomic mass is 16.3. The summed E-state index contributed by atoms with van der Waals surface area (Å²) in [6.07, 6.45) is 3.72. The van der Waals surface area contributed by atoms with Crippen LogP contribution >= 0.6 is 0 Å². The molecule has 0 radical (unpaired) electrons. The zero-order valence-electron chi connectivity index (χ0n) is 25.2. The number of benzene rings is 6. The van der Waals surface area contributed by atoms with E-state index in [1.54, 1.807) is 0 Å². The number of rotatable bonds is 5. The molecule has 3 heterocycles. The lowest BCUT2D eigenvalue weighted by molar-refractivity contribution is 0.670. The molecule has 0 saturated heterocycles. The van der Waals surface area contributed by atoms with Gasteiger partial charge in [-0.1, -0.05) is 115 Å². The third-order valence-corrected chi connectivity index (χ3v) is 8.61. The van der Waals surface area contributed by atoms with Crippen LogP contribution in [-0.4, -0.2) is 19.9 Å². The average molecular weight is 603 g/mol. The monoisotopic (exact) mass is 602 g/mol. The van der Waals surface area contributed by atoms with Gasteiger partial charge < -0.3 is 4.42 Å². The highest BCUT2D eigenvalue weighted by molar-refractivity contribution is 6.20. The Morgan fingerprint density at radius 3 is 1.66 bits per heavy atom. The van der Waals surface area contributed by atoms with Gasteiger partial charge in [-0.25, -0.2) is 15.0 Å². The van der Waals surface area contributed by atoms with Crippen LogP contribution < -0.4 is 0 Å². The first-order valence-electron chi connectivity index (χ1n) is 15.5. The zero-order chi connectivity index (χ0) is 31.2. The summed E-state index contributed by atoms with van der Waals surface area (Å²) < 4.78 is 6.56. The molecule has 0 aliphatic carbocycles. The topological polar surface area (TPSA) is 64.7 Å². The van der Waals surface area contributed by atoms with E-state index in [-0.39, 0.29) is 0 Å². The van der Waals surface area contributed by atoms with E-state index in [0.717, 1.165) is 71.7 Å². The molecule has 6 aromatic carbocycles. The molecule has 0 amide bonds. The molecule has 0 aliphatic rings. The van der Waals surface area contributed by atoms with Crippen molar-refractivity contribution in [3.05, 3.63) is 158 Å². The summed E-state index contributed by atoms with van der Waals surface area (Å²) in [6.45, 7) is 0. The average Bonchev–Trinajstić information content (AvgIpc) is 3.55. The maximum Gasteiger partial charge on any atom is 0.167 e. The Morgan fingerprint density at radius 2 is 1.00 bits per heavy atom. The van der Waals surface area contributed by atoms with E-state index in [9.17, 15) is 0 Å². The van der Waals surface area contributed by atoms with Crippen molar-refractivity contribution in [1.82, 2.24) is 19.9 Å². The van der Waals surface area contributed by atoms with Crippen molar-refractivity contribution < 1.29 is 4.42 Å². The quantitative estimate of drug-likeness (QED) is 0.196. The number of hydrogen-bond donors (Lipinski definition) is 0. The van der Waals surface area contributed by atoms with Crippen LogP contribution in [0.2, 0.25) is 0 Å². The van der Waals surface area contributed by atoms with E-state index in [2.05, 4.69) is 89.9 Å². The minimum atomic E-state index is 0.548. The van der Waals surface area contributed by atoms with Gasteiger partial charge in [-0.3, -0.25) is 4.98 Å². The second kappa shape index (κ2) is 11.2. The normalized spacial score (nSPS) is 11.4. The molecule has 3 aromatic heterocycles. The summed E-state index contributed by atoms with van der Waals surface area (Å²) in [4.78, 5) is 19.7. The molecule has 9 rings (SSSR count). The van der Waals surface area contributed by atoms with Crippen LogP contribution in [0.4, 0.5) is 0 Å². The second-order valence-corrected chi connectivity index (χ2v) is 11.5. The number of pyridine rings is 1. The number of nitrogens with zero attached hydrogens (tertiary/aromatic N) is 4. The Labute approximate surface area is 270 Å². The summed E-state index contributed by atoms with van der Waals surface area (Å²) in [7, 11) is 0. The minimum absolute atomic E-state index is 0.548. The highest BCUT2D eigenvalue weighted by Crippen LogP contribution is 2.39. The molecule has 0 bridgehead atoms. The van der Waals surface area contributed by atoms with Gasteiger partial charge in [0.2, 0.25) is 0 Å². The van der Waals surface area contributed by atoms with Crippen molar-refractivity contribution in [2.24, 2.45) is 0 Å². The molecule has 0 saturated carbocycles. The van der Waals surface area contributed by atoms with Gasteiger partial charge in [0.25, 0.3) is 0 Å². The van der Waals surface area contributed by atoms with Gasteiger partial charge >= 0.3 is 0 Å². The third kappa shape index (κ3) is 4.82. The standard InChI is InChI=1S/C42H26N4O/c1-3-10-27(11-4-1)30-14-7-16-32(24-30)40-44-41(33-17-8-15-31(25-33)28-12-5-2-6-13-28)46-42(45-40)35-19-9-18-34-38-36-26-43-23-22-29(36)20-21-37(38)47-39(34)35/h1-26H. The van der Waals surface area contributed by atoms with Crippen LogP contribution in [0.1, 0.15) is 0 Å². The van der Waals surface area contributed by atoms with Crippen LogP contribution in [0.5, 0.6) is 0 Å². The van der Waals surface area contributed by atoms with Crippen LogP contribution in [-0.2, 0) is 0 Å². The van der Waals surface area contributed by atoms with Gasteiger partial charge in [-0.15, -0.1) is 0 Å². The molecule has 5 heteroatoms. The molecule has 0 unspecified atom stereocenters. The van der Waals surface area contributed by atoms with E-state index in [0.29, 0.717) is 17.5 Å². The predicted molar refractivity (Wildman–Crippen MR) is 190 cm³/mol. The smallest absolute Gasteiger partial charge is 0.167 e. The first-order valence-corrected chi connectivity index (χ1v) is 15.5. The van der Waals surface area contributed by atoms with E-state index in [1.807, 2.05) is 73.1 Å². The SMILES string of the molecule is c1ccc(-c2cccc(-c3nc(-c4cccc(-c5ccccc5)c4)nc(-c4cccc5c4oc4ccc6ccncc6c45)n3)c2)cc1. The molecular weight excluding hydrogens is 576 g/mol. The maximum absolute atomic E-state index is 6.56. The molecule has 0 spiro atoms. The van der Waals surface area contributed by atoms with Crippen molar-refractivity contribution >= 4 is 32.7 Å².